The molecular formula is C59H58Cl4N4O14S2. The molecule has 83 heavy (non-hydrogen) atoms. The van der Waals surface area contributed by atoms with Crippen LogP contribution in [0.2, 0.25) is 20.1 Å². The Kier molecular flexibility index (Phi) is 21.2. The van der Waals surface area contributed by atoms with Crippen LogP contribution in [0.25, 0.3) is 0 Å². The average molecular weight is 1250 g/mol. The Balaban J connectivity index is 0.000000247. The number of aldehydes is 1. The van der Waals surface area contributed by atoms with Crippen molar-refractivity contribution in [2.24, 2.45) is 5.92 Å². The molecular weight excluding hydrogens is 1190 g/mol. The van der Waals surface area contributed by atoms with E-state index in [0.29, 0.717) is 77.4 Å². The number of carbonyl (C=O) groups is 4. The SMILES string of the molecule is COCC(NCc1ccc(C(=O)O[C@@H](Cc2c(Cl)c[n+]([O-])cc2Cl)c2ccc(OC)c(OC)c2)s1)(C(=O)O[C@H]1CN2CCC1CC2)c1ccccc1.COc1ccc([C@H](Cc2c(Cl)c[n+]([O-])cc2Cl)c2cc(C=O)sc2C(=O)O)cc1OC. The van der Waals surface area contributed by atoms with Crippen LogP contribution in [0.5, 0.6) is 23.0 Å². The van der Waals surface area contributed by atoms with Crippen LogP contribution in [-0.2, 0) is 43.9 Å². The Hall–Kier alpha value is -6.72. The molecule has 4 atom stereocenters. The molecule has 1 unspecified atom stereocenters. The summed E-state index contributed by atoms with van der Waals surface area (Å²) in [5.41, 5.74) is 2.08. The number of aromatic nitrogens is 2. The quantitative estimate of drug-likeness (QED) is 0.0263. The number of thiophene rings is 2. The zero-order valence-corrected chi connectivity index (χ0v) is 50.2. The summed E-state index contributed by atoms with van der Waals surface area (Å²) in [5.74, 6) is -0.424. The molecule has 438 valence electrons. The van der Waals surface area contributed by atoms with Gasteiger partial charge in [0.15, 0.2) is 59.6 Å². The maximum atomic E-state index is 14.2. The van der Waals surface area contributed by atoms with Crippen LogP contribution >= 0.6 is 69.1 Å². The van der Waals surface area contributed by atoms with Gasteiger partial charge in [0.05, 0.1) is 39.9 Å². The molecule has 0 radical (unpaired) electrons. The van der Waals surface area contributed by atoms with E-state index in [1.807, 2.05) is 36.4 Å². The summed E-state index contributed by atoms with van der Waals surface area (Å²) in [6, 6.07) is 24.9. The normalized spacial score (nSPS) is 16.8. The molecule has 3 aliphatic rings. The molecule has 3 fully saturated rings. The van der Waals surface area contributed by atoms with Gasteiger partial charge in [-0.1, -0.05) is 88.9 Å². The third-order valence-corrected chi connectivity index (χ3v) is 17.9. The maximum absolute atomic E-state index is 14.2. The van der Waals surface area contributed by atoms with E-state index < -0.39 is 35.5 Å². The van der Waals surface area contributed by atoms with Crippen molar-refractivity contribution in [3.8, 4) is 23.0 Å². The lowest BCUT2D eigenvalue weighted by Crippen LogP contribution is -2.57. The summed E-state index contributed by atoms with van der Waals surface area (Å²) in [7, 11) is 7.60. The van der Waals surface area contributed by atoms with Crippen molar-refractivity contribution in [1.82, 2.24) is 10.2 Å². The van der Waals surface area contributed by atoms with Gasteiger partial charge in [-0.2, -0.15) is 9.46 Å². The van der Waals surface area contributed by atoms with E-state index in [2.05, 4.69) is 10.2 Å². The number of aromatic carboxylic acids is 1. The molecule has 10 rings (SSSR count). The van der Waals surface area contributed by atoms with Crippen LogP contribution in [0, 0.1) is 16.3 Å². The molecule has 7 heterocycles. The van der Waals surface area contributed by atoms with Gasteiger partial charge < -0.3 is 48.7 Å². The molecule has 24 heteroatoms. The molecule has 0 amide bonds. The summed E-state index contributed by atoms with van der Waals surface area (Å²) in [6.07, 6.45) is 6.61. The van der Waals surface area contributed by atoms with Crippen LogP contribution in [0.15, 0.2) is 110 Å². The summed E-state index contributed by atoms with van der Waals surface area (Å²) < 4.78 is 40.6. The van der Waals surface area contributed by atoms with E-state index in [1.165, 1.54) is 64.6 Å². The second kappa shape index (κ2) is 28.2. The lowest BCUT2D eigenvalue weighted by atomic mass is 9.85. The van der Waals surface area contributed by atoms with E-state index in [0.717, 1.165) is 54.3 Å². The van der Waals surface area contributed by atoms with Gasteiger partial charge in [0.1, 0.15) is 42.1 Å². The molecule has 0 spiro atoms. The van der Waals surface area contributed by atoms with Gasteiger partial charge in [-0.15, -0.1) is 22.7 Å². The summed E-state index contributed by atoms with van der Waals surface area (Å²) in [5, 5.41) is 37.3. The number of carboxylic acid groups (broad SMARTS) is 1. The number of methoxy groups -OCH3 is 5. The predicted molar refractivity (Wildman–Crippen MR) is 314 cm³/mol. The molecule has 7 aromatic rings. The second-order valence-electron chi connectivity index (χ2n) is 19.4. The molecule has 0 aliphatic carbocycles. The van der Waals surface area contributed by atoms with Gasteiger partial charge in [-0.3, -0.25) is 15.0 Å². The highest BCUT2D eigenvalue weighted by Crippen LogP contribution is 2.42. The second-order valence-corrected chi connectivity index (χ2v) is 23.3. The van der Waals surface area contributed by atoms with Crippen LogP contribution < -0.4 is 33.7 Å². The van der Waals surface area contributed by atoms with Gasteiger partial charge >= 0.3 is 17.9 Å². The van der Waals surface area contributed by atoms with Gasteiger partial charge in [-0.05, 0) is 103 Å². The number of nitrogens with one attached hydrogen (secondary N) is 1. The molecule has 2 N–H and O–H groups in total. The predicted octanol–water partition coefficient (Wildman–Crippen LogP) is 10.7. The molecule has 3 saturated heterocycles. The highest BCUT2D eigenvalue weighted by molar-refractivity contribution is 7.15. The Bertz CT molecular complexity index is 3410. The average Bonchev–Trinajstić information content (AvgIpc) is 4.38. The lowest BCUT2D eigenvalue weighted by Gasteiger charge is -2.45. The third-order valence-electron chi connectivity index (χ3n) is 14.5. The lowest BCUT2D eigenvalue weighted by molar-refractivity contribution is -0.605. The van der Waals surface area contributed by atoms with Gasteiger partial charge in [-0.25, -0.2) is 14.4 Å². The highest BCUT2D eigenvalue weighted by Gasteiger charge is 2.46. The van der Waals surface area contributed by atoms with Crippen molar-refractivity contribution in [2.45, 2.75) is 55.9 Å². The van der Waals surface area contributed by atoms with Crippen molar-refractivity contribution in [3.63, 3.8) is 0 Å². The number of esters is 2. The largest absolute Gasteiger partial charge is 0.619 e. The van der Waals surface area contributed by atoms with Crippen molar-refractivity contribution in [1.29, 1.82) is 0 Å². The highest BCUT2D eigenvalue weighted by atomic mass is 35.5. The number of halogens is 4. The fourth-order valence-corrected chi connectivity index (χ4v) is 13.1. The third kappa shape index (κ3) is 14.6. The number of fused-ring (bicyclic) bond motifs is 3. The number of pyridine rings is 2. The van der Waals surface area contributed by atoms with Crippen LogP contribution in [0.1, 0.15) is 92.1 Å². The van der Waals surface area contributed by atoms with Gasteiger partial charge in [0.2, 0.25) is 0 Å². The van der Waals surface area contributed by atoms with E-state index >= 15 is 0 Å². The summed E-state index contributed by atoms with van der Waals surface area (Å²) >= 11 is 27.5. The van der Waals surface area contributed by atoms with Crippen LogP contribution in [-0.4, -0.2) is 102 Å². The van der Waals surface area contributed by atoms with E-state index in [4.69, 9.17) is 79.6 Å². The van der Waals surface area contributed by atoms with Crippen LogP contribution in [0.3, 0.4) is 0 Å². The maximum Gasteiger partial charge on any atom is 0.348 e. The standard InChI is InChI=1S/C38H41Cl2N3O8S.C21H17Cl2NO6S/c1-47-23-38(26-7-5-4-6-8-26,37(45)51-34-22-42-15-13-24(34)14-16-42)41-19-27-10-12-35(52-27)36(44)50-32(18-28-29(39)20-43(46)21-30(28)40)25-9-11-31(48-2)33(17-25)49-3;1-29-18-4-3-11(5-19(18)30-2)13(7-15-16(22)8-24(28)9-17(15)23)14-6-12(10-25)31-20(14)21(26)27/h4-12,17,20-21,24,32,34,41H,13-16,18-19,22-23H2,1-3H3;3-6,8-10,13H,7H2,1-2H3,(H,26,27)/t32-,34-,38?;13-/m00/s1. The first-order chi connectivity index (χ1) is 39.9. The number of hydrogen-bond donors (Lipinski definition) is 2. The summed E-state index contributed by atoms with van der Waals surface area (Å²) in [6.45, 7) is 3.09. The fourth-order valence-electron chi connectivity index (χ4n) is 10.2. The minimum absolute atomic E-state index is 0.0314. The Labute approximate surface area is 507 Å². The Morgan fingerprint density at radius 3 is 1.84 bits per heavy atom. The van der Waals surface area contributed by atoms with Crippen molar-refractivity contribution in [3.05, 3.63) is 193 Å². The van der Waals surface area contributed by atoms with Crippen LogP contribution in [0.4, 0.5) is 0 Å². The number of rotatable bonds is 23. The van der Waals surface area contributed by atoms with E-state index in [1.54, 1.807) is 55.6 Å². The van der Waals surface area contributed by atoms with Gasteiger partial charge in [0.25, 0.3) is 0 Å². The zero-order valence-electron chi connectivity index (χ0n) is 45.6. The first-order valence-corrected chi connectivity index (χ1v) is 29.0. The number of carbonyl (C=O) groups excluding carboxylic acids is 3. The first-order valence-electron chi connectivity index (χ1n) is 25.8. The fraction of sp³-hybridized carbons (Fsp3) is 0.322. The zero-order chi connectivity index (χ0) is 59.5. The van der Waals surface area contributed by atoms with Crippen molar-refractivity contribution < 1.29 is 66.9 Å². The molecule has 3 aliphatic heterocycles. The molecule has 2 bridgehead atoms. The molecule has 18 nitrogen and oxygen atoms in total. The summed E-state index contributed by atoms with van der Waals surface area (Å²) in [4.78, 5) is 55.0. The van der Waals surface area contributed by atoms with Crippen molar-refractivity contribution in [2.75, 3.05) is 61.8 Å². The molecule has 0 saturated carbocycles. The molecule has 3 aromatic carbocycles. The number of ether oxygens (including phenoxy) is 7. The number of benzene rings is 3. The number of nitrogens with zero attached hydrogens (tertiary/aromatic N) is 3. The topological polar surface area (TPSA) is 222 Å². The van der Waals surface area contributed by atoms with Gasteiger partial charge in [0, 0.05) is 48.5 Å². The minimum atomic E-state index is -1.29. The number of carboxylic acids is 1. The van der Waals surface area contributed by atoms with E-state index in [9.17, 15) is 34.7 Å². The Morgan fingerprint density at radius 1 is 0.747 bits per heavy atom. The smallest absolute Gasteiger partial charge is 0.348 e. The first kappa shape index (κ1) is 62.3. The van der Waals surface area contributed by atoms with Crippen molar-refractivity contribution >= 4 is 93.3 Å². The number of piperidine rings is 3. The minimum Gasteiger partial charge on any atom is -0.619 e. The Morgan fingerprint density at radius 2 is 1.31 bits per heavy atom. The number of hydrogen-bond acceptors (Lipinski definition) is 17. The van der Waals surface area contributed by atoms with E-state index in [-0.39, 0.29) is 61.9 Å². The monoisotopic (exact) mass is 1250 g/mol. The molecule has 4 aromatic heterocycles.